The molecular formula is C30H32N4O2. The number of anilines is 1. The third kappa shape index (κ3) is 6.08. The lowest BCUT2D eigenvalue weighted by atomic mass is 10.1. The Kier molecular flexibility index (Phi) is 7.95. The lowest BCUT2D eigenvalue weighted by Crippen LogP contribution is -2.26. The summed E-state index contributed by atoms with van der Waals surface area (Å²) in [7, 11) is 0. The molecule has 1 aromatic heterocycles. The van der Waals surface area contributed by atoms with E-state index in [1.54, 1.807) is 4.68 Å². The van der Waals surface area contributed by atoms with Crippen LogP contribution >= 0.6 is 0 Å². The molecule has 4 rings (SSSR count). The van der Waals surface area contributed by atoms with Gasteiger partial charge in [0.1, 0.15) is 5.82 Å². The highest BCUT2D eigenvalue weighted by atomic mass is 16.2. The topological polar surface area (TPSA) is 76.0 Å². The van der Waals surface area contributed by atoms with Crippen molar-refractivity contribution in [2.24, 2.45) is 0 Å². The molecule has 0 aliphatic carbocycles. The van der Waals surface area contributed by atoms with Crippen LogP contribution in [0.1, 0.15) is 49.0 Å². The number of hydrogen-bond acceptors (Lipinski definition) is 3. The summed E-state index contributed by atoms with van der Waals surface area (Å²) in [6, 6.07) is 27.7. The number of aryl methyl sites for hydroxylation is 2. The Morgan fingerprint density at radius 2 is 1.53 bits per heavy atom. The van der Waals surface area contributed by atoms with Crippen molar-refractivity contribution in [1.29, 1.82) is 0 Å². The normalized spacial score (nSPS) is 11.6. The summed E-state index contributed by atoms with van der Waals surface area (Å²) >= 11 is 0. The number of carbonyl (C=O) groups is 2. The van der Waals surface area contributed by atoms with Gasteiger partial charge in [0.25, 0.3) is 0 Å². The molecule has 1 heterocycles. The molecule has 6 nitrogen and oxygen atoms in total. The Morgan fingerprint density at radius 1 is 0.861 bits per heavy atom. The van der Waals surface area contributed by atoms with Crippen LogP contribution in [0, 0.1) is 13.8 Å². The van der Waals surface area contributed by atoms with E-state index in [1.165, 1.54) is 0 Å². The Labute approximate surface area is 212 Å². The maximum Gasteiger partial charge on any atom is 0.225 e. The van der Waals surface area contributed by atoms with Crippen LogP contribution in [-0.2, 0) is 9.59 Å². The van der Waals surface area contributed by atoms with Gasteiger partial charge in [0.05, 0.1) is 17.4 Å². The number of carbonyl (C=O) groups excluding carboxylic acids is 2. The highest BCUT2D eigenvalue weighted by Crippen LogP contribution is 2.33. The van der Waals surface area contributed by atoms with Gasteiger partial charge in [-0.05, 0) is 56.0 Å². The van der Waals surface area contributed by atoms with Crippen molar-refractivity contribution in [1.82, 2.24) is 15.1 Å². The van der Waals surface area contributed by atoms with E-state index in [9.17, 15) is 9.59 Å². The fraction of sp³-hybridized carbons (Fsp3) is 0.233. The zero-order valence-electron chi connectivity index (χ0n) is 21.0. The smallest absolute Gasteiger partial charge is 0.225 e. The largest absolute Gasteiger partial charge is 0.350 e. The summed E-state index contributed by atoms with van der Waals surface area (Å²) in [5.74, 6) is 0.422. The van der Waals surface area contributed by atoms with Crippen molar-refractivity contribution in [3.05, 3.63) is 102 Å². The predicted octanol–water partition coefficient (Wildman–Crippen LogP) is 6.14. The molecule has 0 aliphatic rings. The van der Waals surface area contributed by atoms with Gasteiger partial charge in [-0.15, -0.1) is 0 Å². The molecule has 1 unspecified atom stereocenters. The van der Waals surface area contributed by atoms with Gasteiger partial charge in [0, 0.05) is 18.4 Å². The van der Waals surface area contributed by atoms with Crippen molar-refractivity contribution < 1.29 is 9.59 Å². The fourth-order valence-electron chi connectivity index (χ4n) is 4.28. The quantitative estimate of drug-likeness (QED) is 0.302. The molecule has 36 heavy (non-hydrogen) atoms. The summed E-state index contributed by atoms with van der Waals surface area (Å²) in [6.07, 6.45) is 0.975. The third-order valence-electron chi connectivity index (χ3n) is 6.11. The van der Waals surface area contributed by atoms with Crippen molar-refractivity contribution >= 4 is 17.6 Å². The summed E-state index contributed by atoms with van der Waals surface area (Å²) in [6.45, 7) is 5.93. The second-order valence-electron chi connectivity index (χ2n) is 9.03. The highest BCUT2D eigenvalue weighted by molar-refractivity contribution is 5.95. The Bertz CT molecular complexity index is 1330. The highest BCUT2D eigenvalue weighted by Gasteiger charge is 2.20. The number of aromatic nitrogens is 2. The van der Waals surface area contributed by atoms with Gasteiger partial charge in [-0.25, -0.2) is 4.68 Å². The fourth-order valence-corrected chi connectivity index (χ4v) is 4.28. The molecule has 4 aromatic rings. The first-order valence-corrected chi connectivity index (χ1v) is 12.3. The zero-order valence-corrected chi connectivity index (χ0v) is 21.0. The number of nitrogens with one attached hydrogen (secondary N) is 2. The van der Waals surface area contributed by atoms with Crippen molar-refractivity contribution in [3.8, 4) is 16.8 Å². The number of hydrogen-bond donors (Lipinski definition) is 2. The molecule has 0 fully saturated rings. The molecule has 2 amide bonds. The summed E-state index contributed by atoms with van der Waals surface area (Å²) in [4.78, 5) is 25.4. The summed E-state index contributed by atoms with van der Waals surface area (Å²) < 4.78 is 1.79. The van der Waals surface area contributed by atoms with E-state index in [-0.39, 0.29) is 30.7 Å². The first-order chi connectivity index (χ1) is 17.4. The number of benzene rings is 3. The zero-order chi connectivity index (χ0) is 25.5. The van der Waals surface area contributed by atoms with Gasteiger partial charge in [-0.2, -0.15) is 5.10 Å². The lowest BCUT2D eigenvalue weighted by molar-refractivity contribution is -0.122. The average molecular weight is 481 g/mol. The van der Waals surface area contributed by atoms with Crippen molar-refractivity contribution in [2.45, 2.75) is 46.1 Å². The monoisotopic (exact) mass is 480 g/mol. The predicted molar refractivity (Wildman–Crippen MR) is 144 cm³/mol. The standard InChI is InChI=1S/C30H32N4O2/c1-21-12-10-17-26(20-21)34-30(29(23(3)33-34)25-15-8-5-9-16-25)32-28(36)19-11-18-27(35)31-22(2)24-13-6-4-7-14-24/h4-10,12-17,20,22H,11,18-19H2,1-3H3,(H,31,35)(H,32,36). The molecule has 1 atom stereocenters. The molecule has 3 aromatic carbocycles. The molecule has 0 saturated carbocycles. The van der Waals surface area contributed by atoms with Crippen molar-refractivity contribution in [2.75, 3.05) is 5.32 Å². The number of nitrogens with zero attached hydrogens (tertiary/aromatic N) is 2. The van der Waals surface area contributed by atoms with Crippen LogP contribution in [0.2, 0.25) is 0 Å². The second kappa shape index (κ2) is 11.5. The van der Waals surface area contributed by atoms with E-state index in [0.717, 1.165) is 33.6 Å². The average Bonchev–Trinajstić information content (AvgIpc) is 3.20. The maximum atomic E-state index is 13.0. The molecule has 2 N–H and O–H groups in total. The maximum absolute atomic E-state index is 13.0. The number of amides is 2. The van der Waals surface area contributed by atoms with Crippen LogP contribution < -0.4 is 10.6 Å². The summed E-state index contributed by atoms with van der Waals surface area (Å²) in [5, 5.41) is 10.9. The minimum Gasteiger partial charge on any atom is -0.350 e. The molecule has 184 valence electrons. The molecule has 0 spiro atoms. The van der Waals surface area contributed by atoms with Crippen LogP contribution in [0.25, 0.3) is 16.8 Å². The Morgan fingerprint density at radius 3 is 2.22 bits per heavy atom. The molecule has 0 bridgehead atoms. The van der Waals surface area contributed by atoms with Gasteiger partial charge in [-0.3, -0.25) is 9.59 Å². The van der Waals surface area contributed by atoms with Crippen LogP contribution in [0.3, 0.4) is 0 Å². The van der Waals surface area contributed by atoms with Gasteiger partial charge in [-0.1, -0.05) is 72.8 Å². The Balaban J connectivity index is 1.46. The van der Waals surface area contributed by atoms with Gasteiger partial charge in [0.15, 0.2) is 0 Å². The molecule has 0 radical (unpaired) electrons. The van der Waals surface area contributed by atoms with Crippen LogP contribution in [0.4, 0.5) is 5.82 Å². The SMILES string of the molecule is Cc1cccc(-n2nc(C)c(-c3ccccc3)c2NC(=O)CCCC(=O)NC(C)c2ccccc2)c1. The van der Waals surface area contributed by atoms with Crippen LogP contribution in [-0.4, -0.2) is 21.6 Å². The van der Waals surface area contributed by atoms with Crippen LogP contribution in [0.15, 0.2) is 84.9 Å². The van der Waals surface area contributed by atoms with E-state index in [2.05, 4.69) is 10.6 Å². The molecule has 6 heteroatoms. The summed E-state index contributed by atoms with van der Waals surface area (Å²) in [5.41, 5.74) is 5.74. The van der Waals surface area contributed by atoms with E-state index in [4.69, 9.17) is 5.10 Å². The van der Waals surface area contributed by atoms with E-state index >= 15 is 0 Å². The first kappa shape index (κ1) is 24.9. The van der Waals surface area contributed by atoms with Crippen LogP contribution in [0.5, 0.6) is 0 Å². The lowest BCUT2D eigenvalue weighted by Gasteiger charge is -2.14. The van der Waals surface area contributed by atoms with E-state index < -0.39 is 0 Å². The van der Waals surface area contributed by atoms with Gasteiger partial charge >= 0.3 is 0 Å². The third-order valence-corrected chi connectivity index (χ3v) is 6.11. The molecule has 0 saturated heterocycles. The Hall–Kier alpha value is -4.19. The van der Waals surface area contributed by atoms with Gasteiger partial charge in [0.2, 0.25) is 11.8 Å². The minimum absolute atomic E-state index is 0.0650. The first-order valence-electron chi connectivity index (χ1n) is 12.3. The van der Waals surface area contributed by atoms with Gasteiger partial charge < -0.3 is 10.6 Å². The van der Waals surface area contributed by atoms with E-state index in [1.807, 2.05) is 106 Å². The second-order valence-corrected chi connectivity index (χ2v) is 9.03. The molecule has 0 aliphatic heterocycles. The number of rotatable bonds is 9. The van der Waals surface area contributed by atoms with Crippen molar-refractivity contribution in [3.63, 3.8) is 0 Å². The minimum atomic E-state index is -0.148. The van der Waals surface area contributed by atoms with E-state index in [0.29, 0.717) is 12.2 Å². The molecular weight excluding hydrogens is 448 g/mol.